The van der Waals surface area contributed by atoms with Crippen molar-refractivity contribution in [1.29, 1.82) is 0 Å². The van der Waals surface area contributed by atoms with Gasteiger partial charge in [0.2, 0.25) is 0 Å². The number of carbonyl (C=O) groups excluding carboxylic acids is 1. The molecule has 1 saturated heterocycles. The summed E-state index contributed by atoms with van der Waals surface area (Å²) in [5.41, 5.74) is -0.698. The number of nitrogens with zero attached hydrogens (tertiary/aromatic N) is 2. The number of urea groups is 1. The van der Waals surface area contributed by atoms with Gasteiger partial charge in [0.25, 0.3) is 0 Å². The number of piperidine rings is 1. The fraction of sp³-hybridized carbons (Fsp3) is 0.857. The third kappa shape index (κ3) is 4.37. The lowest BCUT2D eigenvalue weighted by atomic mass is 9.80. The van der Waals surface area contributed by atoms with Crippen LogP contribution in [0.4, 0.5) is 4.79 Å². The first-order chi connectivity index (χ1) is 9.40. The molecule has 0 bridgehead atoms. The molecule has 6 nitrogen and oxygen atoms in total. The first kappa shape index (κ1) is 16.8. The van der Waals surface area contributed by atoms with Crippen molar-refractivity contribution in [3.63, 3.8) is 0 Å². The van der Waals surface area contributed by atoms with Crippen LogP contribution in [0, 0.1) is 5.41 Å². The smallest absolute Gasteiger partial charge is 0.319 e. The number of likely N-dealkylation sites (tertiary alicyclic amines) is 1. The Morgan fingerprint density at radius 1 is 1.20 bits per heavy atom. The molecule has 1 fully saturated rings. The van der Waals surface area contributed by atoms with Crippen LogP contribution in [0.5, 0.6) is 0 Å². The second kappa shape index (κ2) is 7.47. The summed E-state index contributed by atoms with van der Waals surface area (Å²) >= 11 is 0. The zero-order valence-corrected chi connectivity index (χ0v) is 12.5. The van der Waals surface area contributed by atoms with Gasteiger partial charge in [-0.2, -0.15) is 0 Å². The van der Waals surface area contributed by atoms with Gasteiger partial charge in [-0.3, -0.25) is 4.79 Å². The highest BCUT2D eigenvalue weighted by molar-refractivity contribution is 5.76. The van der Waals surface area contributed by atoms with E-state index in [1.54, 1.807) is 23.8 Å². The van der Waals surface area contributed by atoms with Gasteiger partial charge in [-0.05, 0) is 39.0 Å². The van der Waals surface area contributed by atoms with Crippen LogP contribution in [0.2, 0.25) is 0 Å². The molecule has 2 N–H and O–H groups in total. The van der Waals surface area contributed by atoms with Gasteiger partial charge >= 0.3 is 12.0 Å². The Kier molecular flexibility index (Phi) is 6.26. The van der Waals surface area contributed by atoms with Crippen molar-refractivity contribution in [3.8, 4) is 0 Å². The second-order valence-corrected chi connectivity index (χ2v) is 5.84. The van der Waals surface area contributed by atoms with E-state index in [9.17, 15) is 9.59 Å². The Hall–Kier alpha value is -1.30. The fourth-order valence-electron chi connectivity index (χ4n) is 2.38. The number of carboxylic acids is 1. The normalized spacial score (nSPS) is 17.9. The lowest BCUT2D eigenvalue weighted by molar-refractivity contribution is -0.150. The summed E-state index contributed by atoms with van der Waals surface area (Å²) in [5.74, 6) is -0.776. The lowest BCUT2D eigenvalue weighted by Gasteiger charge is -2.38. The number of hydrogen-bond donors (Lipinski definition) is 2. The standard InChI is InChI=1S/C14H26N2O4/c1-14(12(18)19)6-9-16(10-7-14)13(20)15(2)8-4-3-5-11-17/h17H,3-11H2,1-2H3,(H,18,19). The number of hydrogen-bond acceptors (Lipinski definition) is 3. The molecule has 2 amide bonds. The second-order valence-electron chi connectivity index (χ2n) is 5.84. The molecule has 0 aromatic heterocycles. The Morgan fingerprint density at radius 3 is 2.30 bits per heavy atom. The van der Waals surface area contributed by atoms with Gasteiger partial charge in [0.05, 0.1) is 5.41 Å². The van der Waals surface area contributed by atoms with E-state index in [0.717, 1.165) is 19.3 Å². The maximum absolute atomic E-state index is 12.2. The predicted molar refractivity (Wildman–Crippen MR) is 75.5 cm³/mol. The largest absolute Gasteiger partial charge is 0.481 e. The summed E-state index contributed by atoms with van der Waals surface area (Å²) in [4.78, 5) is 26.8. The van der Waals surface area contributed by atoms with Crippen LogP contribution in [0.1, 0.15) is 39.0 Å². The molecular formula is C14H26N2O4. The zero-order chi connectivity index (χ0) is 15.2. The molecule has 6 heteroatoms. The molecule has 1 heterocycles. The Morgan fingerprint density at radius 2 is 1.80 bits per heavy atom. The monoisotopic (exact) mass is 286 g/mol. The molecule has 0 aromatic rings. The first-order valence-corrected chi connectivity index (χ1v) is 7.25. The van der Waals surface area contributed by atoms with Crippen molar-refractivity contribution in [1.82, 2.24) is 9.80 Å². The van der Waals surface area contributed by atoms with Gasteiger partial charge in [-0.25, -0.2) is 4.79 Å². The number of aliphatic hydroxyl groups excluding tert-OH is 1. The summed E-state index contributed by atoms with van der Waals surface area (Å²) in [6.45, 7) is 3.62. The van der Waals surface area contributed by atoms with Crippen molar-refractivity contribution in [2.75, 3.05) is 33.3 Å². The third-order valence-corrected chi connectivity index (χ3v) is 4.13. The van der Waals surface area contributed by atoms with Crippen molar-refractivity contribution in [2.24, 2.45) is 5.41 Å². The molecule has 0 spiro atoms. The topological polar surface area (TPSA) is 81.1 Å². The molecule has 20 heavy (non-hydrogen) atoms. The molecule has 0 saturated carbocycles. The first-order valence-electron chi connectivity index (χ1n) is 7.25. The van der Waals surface area contributed by atoms with Crippen molar-refractivity contribution >= 4 is 12.0 Å². The number of amides is 2. The SMILES string of the molecule is CN(CCCCCO)C(=O)N1CCC(C)(C(=O)O)CC1. The quantitative estimate of drug-likeness (QED) is 0.723. The molecule has 0 aromatic carbocycles. The van der Waals surface area contributed by atoms with Gasteiger partial charge in [0, 0.05) is 33.3 Å². The number of carboxylic acid groups (broad SMARTS) is 1. The average molecular weight is 286 g/mol. The van der Waals surface area contributed by atoms with E-state index in [-0.39, 0.29) is 12.6 Å². The molecule has 1 aliphatic heterocycles. The summed E-state index contributed by atoms with van der Waals surface area (Å²) < 4.78 is 0. The van der Waals surface area contributed by atoms with Gasteiger partial charge in [-0.15, -0.1) is 0 Å². The van der Waals surface area contributed by atoms with Crippen molar-refractivity contribution in [2.45, 2.75) is 39.0 Å². The number of unbranched alkanes of at least 4 members (excludes halogenated alkanes) is 2. The molecule has 0 aliphatic carbocycles. The van der Waals surface area contributed by atoms with Crippen LogP contribution in [0.25, 0.3) is 0 Å². The molecule has 0 unspecified atom stereocenters. The van der Waals surface area contributed by atoms with E-state index < -0.39 is 11.4 Å². The number of carbonyl (C=O) groups is 2. The van der Waals surface area contributed by atoms with Crippen LogP contribution >= 0.6 is 0 Å². The van der Waals surface area contributed by atoms with Crippen LogP contribution in [0.3, 0.4) is 0 Å². The Balaban J connectivity index is 2.36. The highest BCUT2D eigenvalue weighted by Gasteiger charge is 2.38. The maximum atomic E-state index is 12.2. The van der Waals surface area contributed by atoms with Gasteiger partial charge in [0.1, 0.15) is 0 Å². The predicted octanol–water partition coefficient (Wildman–Crippen LogP) is 1.39. The maximum Gasteiger partial charge on any atom is 0.319 e. The fourth-order valence-corrected chi connectivity index (χ4v) is 2.38. The third-order valence-electron chi connectivity index (χ3n) is 4.13. The molecule has 0 radical (unpaired) electrons. The number of aliphatic carboxylic acids is 1. The van der Waals surface area contributed by atoms with Crippen LogP contribution in [-0.4, -0.2) is 65.3 Å². The zero-order valence-electron chi connectivity index (χ0n) is 12.5. The molecule has 116 valence electrons. The number of aliphatic hydroxyl groups is 1. The average Bonchev–Trinajstić information content (AvgIpc) is 2.43. The van der Waals surface area contributed by atoms with Crippen LogP contribution < -0.4 is 0 Å². The van der Waals surface area contributed by atoms with E-state index in [1.165, 1.54) is 0 Å². The molecule has 0 atom stereocenters. The minimum atomic E-state index is -0.776. The van der Waals surface area contributed by atoms with Crippen LogP contribution in [0.15, 0.2) is 0 Å². The summed E-state index contributed by atoms with van der Waals surface area (Å²) in [6.07, 6.45) is 3.57. The minimum absolute atomic E-state index is 0.0264. The Bertz CT molecular complexity index is 338. The van der Waals surface area contributed by atoms with Crippen molar-refractivity contribution in [3.05, 3.63) is 0 Å². The Labute approximate surface area is 120 Å². The minimum Gasteiger partial charge on any atom is -0.481 e. The molecule has 1 aliphatic rings. The van der Waals surface area contributed by atoms with E-state index in [0.29, 0.717) is 32.5 Å². The van der Waals surface area contributed by atoms with E-state index >= 15 is 0 Å². The van der Waals surface area contributed by atoms with Gasteiger partial charge in [0.15, 0.2) is 0 Å². The highest BCUT2D eigenvalue weighted by Crippen LogP contribution is 2.31. The summed E-state index contributed by atoms with van der Waals surface area (Å²) in [7, 11) is 1.77. The van der Waals surface area contributed by atoms with E-state index in [1.807, 2.05) is 0 Å². The van der Waals surface area contributed by atoms with Crippen molar-refractivity contribution < 1.29 is 19.8 Å². The van der Waals surface area contributed by atoms with Gasteiger partial charge in [-0.1, -0.05) is 0 Å². The summed E-state index contributed by atoms with van der Waals surface area (Å²) in [5, 5.41) is 17.9. The summed E-state index contributed by atoms with van der Waals surface area (Å²) in [6, 6.07) is -0.0264. The lowest BCUT2D eigenvalue weighted by Crippen LogP contribution is -2.49. The van der Waals surface area contributed by atoms with Gasteiger partial charge < -0.3 is 20.0 Å². The molecule has 1 rings (SSSR count). The van der Waals surface area contributed by atoms with E-state index in [2.05, 4.69) is 0 Å². The molecular weight excluding hydrogens is 260 g/mol. The number of rotatable bonds is 6. The highest BCUT2D eigenvalue weighted by atomic mass is 16.4. The van der Waals surface area contributed by atoms with Crippen LogP contribution in [-0.2, 0) is 4.79 Å². The van der Waals surface area contributed by atoms with E-state index in [4.69, 9.17) is 10.2 Å².